The summed E-state index contributed by atoms with van der Waals surface area (Å²) in [6.45, 7) is 12.4. The molecule has 0 aliphatic heterocycles. The number of unbranched alkanes of at least 4 members (excludes halogenated alkanes) is 1. The van der Waals surface area contributed by atoms with Gasteiger partial charge in [0.05, 0.1) is 0 Å². The van der Waals surface area contributed by atoms with Gasteiger partial charge in [0.15, 0.2) is 0 Å². The fraction of sp³-hybridized carbons (Fsp3) is 1.00. The van der Waals surface area contributed by atoms with E-state index in [1.807, 2.05) is 0 Å². The molecule has 0 heterocycles. The van der Waals surface area contributed by atoms with E-state index >= 15 is 0 Å². The molecule has 2 heteroatoms. The lowest BCUT2D eigenvalue weighted by Crippen LogP contribution is -2.13. The van der Waals surface area contributed by atoms with Crippen LogP contribution in [-0.2, 0) is 4.43 Å². The van der Waals surface area contributed by atoms with Gasteiger partial charge in [0, 0.05) is 6.61 Å². The van der Waals surface area contributed by atoms with E-state index in [4.69, 9.17) is 4.43 Å². The summed E-state index contributed by atoms with van der Waals surface area (Å²) in [6.07, 6.45) is 11.0. The van der Waals surface area contributed by atoms with Gasteiger partial charge in [0.2, 0.25) is 9.04 Å². The summed E-state index contributed by atoms with van der Waals surface area (Å²) >= 11 is 0. The van der Waals surface area contributed by atoms with E-state index in [1.54, 1.807) is 0 Å². The van der Waals surface area contributed by atoms with Crippen LogP contribution < -0.4 is 0 Å². The highest BCUT2D eigenvalue weighted by molar-refractivity contribution is 6.48. The fourth-order valence-corrected chi connectivity index (χ4v) is 3.03. The Morgan fingerprint density at radius 3 is 1.83 bits per heavy atom. The van der Waals surface area contributed by atoms with Crippen LogP contribution in [0.1, 0.15) is 72.1 Å². The molecule has 0 aromatic heterocycles. The van der Waals surface area contributed by atoms with Gasteiger partial charge in [-0.25, -0.2) is 0 Å². The highest BCUT2D eigenvalue weighted by atomic mass is 28.3. The first-order valence-electron chi connectivity index (χ1n) is 8.06. The van der Waals surface area contributed by atoms with E-state index in [0.29, 0.717) is 0 Å². The highest BCUT2D eigenvalue weighted by Crippen LogP contribution is 2.24. The zero-order valence-electron chi connectivity index (χ0n) is 13.4. The van der Waals surface area contributed by atoms with Gasteiger partial charge in [-0.15, -0.1) is 0 Å². The molecule has 0 bridgehead atoms. The molecule has 0 amide bonds. The third-order valence-electron chi connectivity index (χ3n) is 4.02. The maximum Gasteiger partial charge on any atom is 0.204 e. The van der Waals surface area contributed by atoms with Crippen LogP contribution in [0.25, 0.3) is 0 Å². The first-order valence-corrected chi connectivity index (χ1v) is 10.5. The Labute approximate surface area is 117 Å². The molecule has 2 unspecified atom stereocenters. The van der Waals surface area contributed by atoms with Crippen molar-refractivity contribution in [3.05, 3.63) is 0 Å². The van der Waals surface area contributed by atoms with Crippen molar-refractivity contribution in [2.45, 2.75) is 85.2 Å². The van der Waals surface area contributed by atoms with Crippen molar-refractivity contribution in [1.29, 1.82) is 0 Å². The fourth-order valence-electron chi connectivity index (χ4n) is 2.50. The second-order valence-corrected chi connectivity index (χ2v) is 7.92. The zero-order chi connectivity index (χ0) is 13.8. The van der Waals surface area contributed by atoms with Crippen LogP contribution in [0.2, 0.25) is 13.1 Å². The first-order chi connectivity index (χ1) is 8.63. The Hall–Kier alpha value is 0.177. The van der Waals surface area contributed by atoms with Crippen molar-refractivity contribution in [3.8, 4) is 0 Å². The molecule has 1 radical (unpaired) electrons. The van der Waals surface area contributed by atoms with Gasteiger partial charge in [-0.1, -0.05) is 65.7 Å². The van der Waals surface area contributed by atoms with Crippen LogP contribution in [0.15, 0.2) is 0 Å². The number of hydrogen-bond donors (Lipinski definition) is 0. The molecule has 0 aromatic rings. The summed E-state index contributed by atoms with van der Waals surface area (Å²) in [5.41, 5.74) is 0. The Morgan fingerprint density at radius 2 is 1.39 bits per heavy atom. The smallest absolute Gasteiger partial charge is 0.204 e. The van der Waals surface area contributed by atoms with Crippen molar-refractivity contribution in [2.75, 3.05) is 6.61 Å². The first kappa shape index (κ1) is 18.2. The van der Waals surface area contributed by atoms with Gasteiger partial charge in [-0.05, 0) is 31.4 Å². The Kier molecular flexibility index (Phi) is 12.3. The molecular weight excluding hydrogens is 236 g/mol. The SMILES string of the molecule is CCCCC(CC)CCC(CC)CCO[Si](C)C. The molecule has 0 fully saturated rings. The lowest BCUT2D eigenvalue weighted by atomic mass is 9.88. The molecular formula is C16H35OSi. The molecule has 0 aliphatic rings. The van der Waals surface area contributed by atoms with E-state index in [9.17, 15) is 0 Å². The third kappa shape index (κ3) is 10.1. The summed E-state index contributed by atoms with van der Waals surface area (Å²) in [4.78, 5) is 0. The minimum Gasteiger partial charge on any atom is -0.417 e. The summed E-state index contributed by atoms with van der Waals surface area (Å²) in [5, 5.41) is 0. The van der Waals surface area contributed by atoms with Gasteiger partial charge in [0.1, 0.15) is 0 Å². The topological polar surface area (TPSA) is 9.23 Å². The molecule has 2 atom stereocenters. The Bertz CT molecular complexity index is 170. The van der Waals surface area contributed by atoms with Gasteiger partial charge in [-0.2, -0.15) is 0 Å². The molecule has 0 N–H and O–H groups in total. The van der Waals surface area contributed by atoms with E-state index in [2.05, 4.69) is 33.9 Å². The highest BCUT2D eigenvalue weighted by Gasteiger charge is 2.11. The molecule has 0 rings (SSSR count). The largest absolute Gasteiger partial charge is 0.417 e. The van der Waals surface area contributed by atoms with Crippen molar-refractivity contribution >= 4 is 9.04 Å². The normalized spacial score (nSPS) is 15.0. The van der Waals surface area contributed by atoms with Crippen molar-refractivity contribution in [2.24, 2.45) is 11.8 Å². The maximum absolute atomic E-state index is 5.77. The molecule has 109 valence electrons. The Balaban J connectivity index is 3.75. The third-order valence-corrected chi connectivity index (χ3v) is 4.80. The summed E-state index contributed by atoms with van der Waals surface area (Å²) < 4.78 is 5.77. The van der Waals surface area contributed by atoms with E-state index < -0.39 is 9.04 Å². The summed E-state index contributed by atoms with van der Waals surface area (Å²) in [7, 11) is -0.485. The Morgan fingerprint density at radius 1 is 0.833 bits per heavy atom. The molecule has 0 saturated carbocycles. The van der Waals surface area contributed by atoms with Gasteiger partial charge >= 0.3 is 0 Å². The molecule has 0 aromatic carbocycles. The van der Waals surface area contributed by atoms with E-state index in [1.165, 1.54) is 51.4 Å². The average molecular weight is 272 g/mol. The molecule has 0 saturated heterocycles. The predicted octanol–water partition coefficient (Wildman–Crippen LogP) is 5.67. The lowest BCUT2D eigenvalue weighted by Gasteiger charge is -2.20. The van der Waals surface area contributed by atoms with Crippen LogP contribution in [0.3, 0.4) is 0 Å². The standard InChI is InChI=1S/C16H35OSi/c1-6-9-10-15(7-2)11-12-16(8-3)13-14-17-18(4)5/h15-16H,6-14H2,1-5H3. The van der Waals surface area contributed by atoms with Crippen molar-refractivity contribution in [1.82, 2.24) is 0 Å². The van der Waals surface area contributed by atoms with Crippen LogP contribution in [-0.4, -0.2) is 15.6 Å². The summed E-state index contributed by atoms with van der Waals surface area (Å²) in [5.74, 6) is 1.86. The predicted molar refractivity (Wildman–Crippen MR) is 84.4 cm³/mol. The monoisotopic (exact) mass is 271 g/mol. The van der Waals surface area contributed by atoms with Crippen LogP contribution >= 0.6 is 0 Å². The number of hydrogen-bond acceptors (Lipinski definition) is 1. The zero-order valence-corrected chi connectivity index (χ0v) is 14.4. The second-order valence-electron chi connectivity index (χ2n) is 5.81. The molecule has 1 nitrogen and oxygen atoms in total. The van der Waals surface area contributed by atoms with E-state index in [0.717, 1.165) is 18.4 Å². The van der Waals surface area contributed by atoms with E-state index in [-0.39, 0.29) is 0 Å². The molecule has 0 aliphatic carbocycles. The van der Waals surface area contributed by atoms with Gasteiger partial charge < -0.3 is 4.43 Å². The minimum absolute atomic E-state index is 0.485. The molecule has 0 spiro atoms. The van der Waals surface area contributed by atoms with Crippen molar-refractivity contribution < 1.29 is 4.43 Å². The van der Waals surface area contributed by atoms with Crippen LogP contribution in [0.4, 0.5) is 0 Å². The van der Waals surface area contributed by atoms with Crippen LogP contribution in [0.5, 0.6) is 0 Å². The quantitative estimate of drug-likeness (QED) is 0.416. The lowest BCUT2D eigenvalue weighted by molar-refractivity contribution is 0.260. The van der Waals surface area contributed by atoms with Crippen molar-refractivity contribution in [3.63, 3.8) is 0 Å². The molecule has 18 heavy (non-hydrogen) atoms. The summed E-state index contributed by atoms with van der Waals surface area (Å²) in [6, 6.07) is 0. The number of rotatable bonds is 12. The second kappa shape index (κ2) is 12.2. The minimum atomic E-state index is -0.485. The van der Waals surface area contributed by atoms with Crippen LogP contribution in [0, 0.1) is 11.8 Å². The van der Waals surface area contributed by atoms with Gasteiger partial charge in [-0.3, -0.25) is 0 Å². The maximum atomic E-state index is 5.77. The van der Waals surface area contributed by atoms with Gasteiger partial charge in [0.25, 0.3) is 0 Å². The average Bonchev–Trinajstić information content (AvgIpc) is 2.36.